The fraction of sp³-hybridized carbons (Fsp3) is 0.545. The average Bonchev–Trinajstić information content (AvgIpc) is 3.56. The zero-order chi connectivity index (χ0) is 20.8. The predicted octanol–water partition coefficient (Wildman–Crippen LogP) is 3.52. The first-order valence-electron chi connectivity index (χ1n) is 10.9. The lowest BCUT2D eigenvalue weighted by atomic mass is 10.2. The van der Waals surface area contributed by atoms with Crippen molar-refractivity contribution in [3.05, 3.63) is 46.5 Å². The van der Waals surface area contributed by atoms with Crippen molar-refractivity contribution in [3.63, 3.8) is 0 Å². The van der Waals surface area contributed by atoms with Gasteiger partial charge in [-0.15, -0.1) is 35.3 Å². The van der Waals surface area contributed by atoms with Gasteiger partial charge in [-0.05, 0) is 56.4 Å². The number of hydrogen-bond acceptors (Lipinski definition) is 5. The number of halogens is 1. The number of guanidine groups is 1. The molecule has 2 saturated heterocycles. The molecule has 9 heteroatoms. The summed E-state index contributed by atoms with van der Waals surface area (Å²) in [6.07, 6.45) is 4.10. The molecule has 0 aliphatic carbocycles. The van der Waals surface area contributed by atoms with Crippen LogP contribution < -0.4 is 5.32 Å². The van der Waals surface area contributed by atoms with Crippen LogP contribution in [0.25, 0.3) is 0 Å². The molecule has 2 aromatic rings. The third-order valence-electron chi connectivity index (χ3n) is 5.80. The summed E-state index contributed by atoms with van der Waals surface area (Å²) >= 11 is 1.82. The van der Waals surface area contributed by atoms with E-state index < -0.39 is 0 Å². The first-order valence-corrected chi connectivity index (χ1v) is 11.8. The highest BCUT2D eigenvalue weighted by Gasteiger charge is 2.27. The van der Waals surface area contributed by atoms with Crippen LogP contribution in [0.3, 0.4) is 0 Å². The SMILES string of the molecule is CCNC(=NCC(c1cccs1)N1CCCC1)N1CCN(C(=O)c2ccco2)CC1.I. The molecule has 1 N–H and O–H groups in total. The summed E-state index contributed by atoms with van der Waals surface area (Å²) in [7, 11) is 0. The maximum atomic E-state index is 12.5. The normalized spacial score (nSPS) is 18.7. The molecule has 1 atom stereocenters. The molecule has 2 aliphatic rings. The minimum Gasteiger partial charge on any atom is -0.459 e. The largest absolute Gasteiger partial charge is 0.459 e. The van der Waals surface area contributed by atoms with Crippen LogP contribution in [0.2, 0.25) is 0 Å². The van der Waals surface area contributed by atoms with E-state index in [0.29, 0.717) is 24.9 Å². The van der Waals surface area contributed by atoms with Crippen molar-refractivity contribution in [2.24, 2.45) is 4.99 Å². The number of thiophene rings is 1. The van der Waals surface area contributed by atoms with Crippen LogP contribution in [0.15, 0.2) is 45.3 Å². The van der Waals surface area contributed by atoms with Crippen LogP contribution in [0, 0.1) is 0 Å². The van der Waals surface area contributed by atoms with E-state index in [4.69, 9.17) is 9.41 Å². The van der Waals surface area contributed by atoms with Gasteiger partial charge in [0.15, 0.2) is 11.7 Å². The summed E-state index contributed by atoms with van der Waals surface area (Å²) in [4.78, 5) is 25.6. The third-order valence-corrected chi connectivity index (χ3v) is 6.77. The number of furan rings is 1. The molecule has 0 spiro atoms. The molecule has 4 rings (SSSR count). The lowest BCUT2D eigenvalue weighted by Gasteiger charge is -2.36. The lowest BCUT2D eigenvalue weighted by Crippen LogP contribution is -2.53. The van der Waals surface area contributed by atoms with E-state index in [9.17, 15) is 4.79 Å². The Hall–Kier alpha value is -1.59. The standard InChI is InChI=1S/C22H31N5O2S.HI/c1-2-23-22(24-17-18(20-8-6-16-30-20)25-9-3-4-10-25)27-13-11-26(12-14-27)21(28)19-7-5-15-29-19;/h5-8,15-16,18H,2-4,9-14,17H2,1H3,(H,23,24);1H. The minimum absolute atomic E-state index is 0. The topological polar surface area (TPSA) is 64.3 Å². The number of piperazine rings is 1. The average molecular weight is 558 g/mol. The molecule has 1 unspecified atom stereocenters. The number of nitrogens with zero attached hydrogens (tertiary/aromatic N) is 4. The number of likely N-dealkylation sites (tertiary alicyclic amines) is 1. The first-order chi connectivity index (χ1) is 14.8. The number of hydrogen-bond donors (Lipinski definition) is 1. The highest BCUT2D eigenvalue weighted by atomic mass is 127. The van der Waals surface area contributed by atoms with Crippen molar-refractivity contribution in [2.45, 2.75) is 25.8 Å². The Bertz CT molecular complexity index is 813. The van der Waals surface area contributed by atoms with Gasteiger partial charge in [-0.2, -0.15) is 0 Å². The Morgan fingerprint density at radius 1 is 1.13 bits per heavy atom. The maximum absolute atomic E-state index is 12.5. The number of amides is 1. The predicted molar refractivity (Wildman–Crippen MR) is 135 cm³/mol. The monoisotopic (exact) mass is 557 g/mol. The van der Waals surface area contributed by atoms with Gasteiger partial charge in [0.2, 0.25) is 0 Å². The lowest BCUT2D eigenvalue weighted by molar-refractivity contribution is 0.0657. The Morgan fingerprint density at radius 3 is 2.48 bits per heavy atom. The van der Waals surface area contributed by atoms with Gasteiger partial charge in [-0.1, -0.05) is 6.07 Å². The second-order valence-corrected chi connectivity index (χ2v) is 8.70. The van der Waals surface area contributed by atoms with E-state index in [0.717, 1.165) is 45.2 Å². The van der Waals surface area contributed by atoms with Gasteiger partial charge in [0, 0.05) is 37.6 Å². The Kier molecular flexibility index (Phi) is 9.21. The summed E-state index contributed by atoms with van der Waals surface area (Å²) in [5.41, 5.74) is 0. The number of nitrogens with one attached hydrogen (secondary N) is 1. The van der Waals surface area contributed by atoms with Gasteiger partial charge >= 0.3 is 0 Å². The molecular weight excluding hydrogens is 525 g/mol. The highest BCUT2D eigenvalue weighted by Crippen LogP contribution is 2.28. The zero-order valence-corrected chi connectivity index (χ0v) is 21.2. The summed E-state index contributed by atoms with van der Waals surface area (Å²) in [6.45, 7) is 8.88. The van der Waals surface area contributed by atoms with E-state index in [1.165, 1.54) is 17.7 Å². The minimum atomic E-state index is -0.0339. The molecule has 4 heterocycles. The number of carbonyl (C=O) groups excluding carboxylic acids is 1. The van der Waals surface area contributed by atoms with Gasteiger partial charge in [-0.3, -0.25) is 14.7 Å². The smallest absolute Gasteiger partial charge is 0.289 e. The van der Waals surface area contributed by atoms with Gasteiger partial charge in [-0.25, -0.2) is 0 Å². The van der Waals surface area contributed by atoms with Crippen molar-refractivity contribution in [2.75, 3.05) is 52.4 Å². The summed E-state index contributed by atoms with van der Waals surface area (Å²) in [5.74, 6) is 1.32. The maximum Gasteiger partial charge on any atom is 0.289 e. The first kappa shape index (κ1) is 24.1. The van der Waals surface area contributed by atoms with E-state index in [1.807, 2.05) is 16.2 Å². The molecule has 2 aliphatic heterocycles. The van der Waals surface area contributed by atoms with E-state index in [1.54, 1.807) is 18.4 Å². The van der Waals surface area contributed by atoms with Crippen LogP contribution in [0.5, 0.6) is 0 Å². The molecule has 1 amide bonds. The second kappa shape index (κ2) is 11.9. The Balaban J connectivity index is 0.00000272. The summed E-state index contributed by atoms with van der Waals surface area (Å²) in [5, 5.41) is 5.61. The molecule has 0 aromatic carbocycles. The van der Waals surface area contributed by atoms with Crippen molar-refractivity contribution in [1.82, 2.24) is 20.0 Å². The number of rotatable bonds is 6. The van der Waals surface area contributed by atoms with Crippen LogP contribution in [0.4, 0.5) is 0 Å². The molecule has 31 heavy (non-hydrogen) atoms. The van der Waals surface area contributed by atoms with Crippen LogP contribution in [-0.4, -0.2) is 78.9 Å². The molecule has 0 bridgehead atoms. The number of carbonyl (C=O) groups is 1. The second-order valence-electron chi connectivity index (χ2n) is 7.73. The van der Waals surface area contributed by atoms with Crippen molar-refractivity contribution in [3.8, 4) is 0 Å². The van der Waals surface area contributed by atoms with E-state index >= 15 is 0 Å². The zero-order valence-electron chi connectivity index (χ0n) is 18.0. The fourth-order valence-electron chi connectivity index (χ4n) is 4.20. The number of aliphatic imine (C=N–C) groups is 1. The van der Waals surface area contributed by atoms with Gasteiger partial charge < -0.3 is 19.5 Å². The third kappa shape index (κ3) is 6.01. The fourth-order valence-corrected chi connectivity index (χ4v) is 5.05. The molecule has 2 aromatic heterocycles. The highest BCUT2D eigenvalue weighted by molar-refractivity contribution is 14.0. The van der Waals surface area contributed by atoms with Gasteiger partial charge in [0.05, 0.1) is 18.8 Å². The van der Waals surface area contributed by atoms with Gasteiger partial charge in [0.1, 0.15) is 0 Å². The molecule has 7 nitrogen and oxygen atoms in total. The quantitative estimate of drug-likeness (QED) is 0.335. The van der Waals surface area contributed by atoms with E-state index in [-0.39, 0.29) is 29.9 Å². The Labute approximate surface area is 205 Å². The molecule has 170 valence electrons. The van der Waals surface area contributed by atoms with Crippen molar-refractivity contribution in [1.29, 1.82) is 0 Å². The van der Waals surface area contributed by atoms with Crippen LogP contribution in [-0.2, 0) is 0 Å². The summed E-state index contributed by atoms with van der Waals surface area (Å²) < 4.78 is 5.27. The molecule has 2 fully saturated rings. The van der Waals surface area contributed by atoms with Crippen molar-refractivity contribution >= 4 is 47.2 Å². The van der Waals surface area contributed by atoms with E-state index in [2.05, 4.69) is 39.6 Å². The molecule has 0 radical (unpaired) electrons. The Morgan fingerprint density at radius 2 is 1.87 bits per heavy atom. The molecular formula is C22H32IN5O2S. The van der Waals surface area contributed by atoms with Crippen molar-refractivity contribution < 1.29 is 9.21 Å². The summed E-state index contributed by atoms with van der Waals surface area (Å²) in [6, 6.07) is 8.19. The molecule has 0 saturated carbocycles. The van der Waals surface area contributed by atoms with Crippen LogP contribution in [0.1, 0.15) is 41.2 Å². The van der Waals surface area contributed by atoms with Gasteiger partial charge in [0.25, 0.3) is 5.91 Å². The van der Waals surface area contributed by atoms with Crippen LogP contribution >= 0.6 is 35.3 Å².